The van der Waals surface area contributed by atoms with Crippen molar-refractivity contribution in [3.8, 4) is 0 Å². The maximum absolute atomic E-state index is 12.1. The van der Waals surface area contributed by atoms with Crippen molar-refractivity contribution in [1.29, 1.82) is 0 Å². The molecule has 0 bridgehead atoms. The Morgan fingerprint density at radius 2 is 2.06 bits per heavy atom. The van der Waals surface area contributed by atoms with Crippen molar-refractivity contribution in [3.63, 3.8) is 0 Å². The van der Waals surface area contributed by atoms with Crippen molar-refractivity contribution in [2.24, 2.45) is 11.7 Å². The largest absolute Gasteiger partial charge is 0.480 e. The Bertz CT molecular complexity index is 339. The Balaban J connectivity index is 1.96. The van der Waals surface area contributed by atoms with Gasteiger partial charge in [-0.15, -0.1) is 0 Å². The third-order valence-corrected chi connectivity index (χ3v) is 4.12. The highest BCUT2D eigenvalue weighted by Crippen LogP contribution is 2.30. The predicted molar refractivity (Wildman–Crippen MR) is 66.1 cm³/mol. The van der Waals surface area contributed by atoms with Crippen LogP contribution in [0, 0.1) is 5.92 Å². The van der Waals surface area contributed by atoms with Gasteiger partial charge in [0, 0.05) is 13.1 Å². The molecule has 0 spiro atoms. The molecule has 0 radical (unpaired) electrons. The highest BCUT2D eigenvalue weighted by molar-refractivity contribution is 5.86. The molecule has 1 saturated heterocycles. The molecule has 2 rings (SSSR count). The van der Waals surface area contributed by atoms with E-state index in [1.807, 2.05) is 0 Å². The summed E-state index contributed by atoms with van der Waals surface area (Å²) in [6.45, 7) is 1.88. The fourth-order valence-electron chi connectivity index (χ4n) is 2.86. The predicted octanol–water partition coefficient (Wildman–Crippen LogP) is 0.374. The lowest BCUT2D eigenvalue weighted by molar-refractivity contribution is -0.144. The minimum Gasteiger partial charge on any atom is -0.480 e. The number of likely N-dealkylation sites (tertiary alicyclic amines) is 1. The molecular formula is C12H21N3O3. The van der Waals surface area contributed by atoms with Gasteiger partial charge in [0.1, 0.15) is 5.54 Å². The van der Waals surface area contributed by atoms with E-state index < -0.39 is 11.5 Å². The first-order valence-corrected chi connectivity index (χ1v) is 6.58. The number of aliphatic carboxylic acids is 1. The summed E-state index contributed by atoms with van der Waals surface area (Å²) in [4.78, 5) is 25.1. The molecule has 2 aliphatic rings. The van der Waals surface area contributed by atoms with Gasteiger partial charge in [-0.1, -0.05) is 12.8 Å². The van der Waals surface area contributed by atoms with Crippen LogP contribution in [0.5, 0.6) is 0 Å². The smallest absolute Gasteiger partial charge is 0.329 e. The van der Waals surface area contributed by atoms with Gasteiger partial charge in [-0.25, -0.2) is 9.59 Å². The molecule has 1 aliphatic carbocycles. The third-order valence-electron chi connectivity index (χ3n) is 4.12. The van der Waals surface area contributed by atoms with Crippen molar-refractivity contribution in [1.82, 2.24) is 10.2 Å². The van der Waals surface area contributed by atoms with Crippen LogP contribution < -0.4 is 11.1 Å². The normalized spacial score (nSPS) is 26.3. The van der Waals surface area contributed by atoms with Gasteiger partial charge in [0.2, 0.25) is 0 Å². The number of carbonyl (C=O) groups is 2. The summed E-state index contributed by atoms with van der Waals surface area (Å²) < 4.78 is 0. The molecule has 1 saturated carbocycles. The first kappa shape index (κ1) is 13.1. The van der Waals surface area contributed by atoms with E-state index in [1.54, 1.807) is 4.90 Å². The Kier molecular flexibility index (Phi) is 3.75. The molecule has 2 fully saturated rings. The number of urea groups is 1. The number of carboxylic acids is 1. The lowest BCUT2D eigenvalue weighted by Crippen LogP contribution is -2.56. The maximum atomic E-state index is 12.1. The molecule has 1 aliphatic heterocycles. The van der Waals surface area contributed by atoms with Crippen LogP contribution in [0.4, 0.5) is 4.79 Å². The van der Waals surface area contributed by atoms with Crippen molar-refractivity contribution in [3.05, 3.63) is 0 Å². The number of carbonyl (C=O) groups excluding carboxylic acids is 1. The Labute approximate surface area is 107 Å². The Hall–Kier alpha value is -1.30. The van der Waals surface area contributed by atoms with E-state index in [0.717, 1.165) is 19.3 Å². The summed E-state index contributed by atoms with van der Waals surface area (Å²) in [5, 5.41) is 12.0. The first-order valence-electron chi connectivity index (χ1n) is 6.58. The highest BCUT2D eigenvalue weighted by atomic mass is 16.4. The van der Waals surface area contributed by atoms with E-state index in [1.165, 1.54) is 0 Å². The maximum Gasteiger partial charge on any atom is 0.329 e. The molecule has 1 heterocycles. The van der Waals surface area contributed by atoms with Crippen LogP contribution in [0.15, 0.2) is 0 Å². The van der Waals surface area contributed by atoms with E-state index in [9.17, 15) is 14.7 Å². The minimum absolute atomic E-state index is 0.254. The second-order valence-electron chi connectivity index (χ2n) is 5.36. The molecule has 1 unspecified atom stereocenters. The number of nitrogens with two attached hydrogens (primary N) is 1. The van der Waals surface area contributed by atoms with Gasteiger partial charge in [-0.05, 0) is 31.7 Å². The summed E-state index contributed by atoms with van der Waals surface area (Å²) in [6, 6.07) is -0.254. The summed E-state index contributed by atoms with van der Waals surface area (Å²) in [5.41, 5.74) is 4.54. The number of nitrogens with one attached hydrogen (secondary N) is 1. The molecule has 6 nitrogen and oxygen atoms in total. The third kappa shape index (κ3) is 2.43. The number of carboxylic acid groups (broad SMARTS) is 1. The molecule has 0 aromatic rings. The van der Waals surface area contributed by atoms with Crippen LogP contribution in [0.25, 0.3) is 0 Å². The van der Waals surface area contributed by atoms with Crippen LogP contribution in [0.3, 0.4) is 0 Å². The SMILES string of the molecule is NCC1CCN(C(=O)NC2(C(=O)O)CCCC2)C1. The fourth-order valence-corrected chi connectivity index (χ4v) is 2.86. The Morgan fingerprint density at radius 1 is 1.39 bits per heavy atom. The molecule has 0 aromatic heterocycles. The van der Waals surface area contributed by atoms with Gasteiger partial charge < -0.3 is 21.1 Å². The van der Waals surface area contributed by atoms with E-state index in [0.29, 0.717) is 38.4 Å². The molecule has 6 heteroatoms. The zero-order valence-electron chi connectivity index (χ0n) is 10.5. The molecule has 0 aromatic carbocycles. The molecule has 2 amide bonds. The van der Waals surface area contributed by atoms with Gasteiger partial charge in [0.25, 0.3) is 0 Å². The Morgan fingerprint density at radius 3 is 2.56 bits per heavy atom. The van der Waals surface area contributed by atoms with Crippen LogP contribution in [0.2, 0.25) is 0 Å². The number of nitrogens with zero attached hydrogens (tertiary/aromatic N) is 1. The quantitative estimate of drug-likeness (QED) is 0.679. The topological polar surface area (TPSA) is 95.7 Å². The molecule has 18 heavy (non-hydrogen) atoms. The average molecular weight is 255 g/mol. The summed E-state index contributed by atoms with van der Waals surface area (Å²) in [5.74, 6) is -0.567. The summed E-state index contributed by atoms with van der Waals surface area (Å²) in [6.07, 6.45) is 3.68. The zero-order chi connectivity index (χ0) is 13.2. The zero-order valence-corrected chi connectivity index (χ0v) is 10.5. The summed E-state index contributed by atoms with van der Waals surface area (Å²) >= 11 is 0. The monoisotopic (exact) mass is 255 g/mol. The van der Waals surface area contributed by atoms with Crippen LogP contribution in [-0.2, 0) is 4.79 Å². The molecule has 4 N–H and O–H groups in total. The van der Waals surface area contributed by atoms with Crippen molar-refractivity contribution < 1.29 is 14.7 Å². The van der Waals surface area contributed by atoms with Gasteiger partial charge >= 0.3 is 12.0 Å². The van der Waals surface area contributed by atoms with Gasteiger partial charge in [-0.2, -0.15) is 0 Å². The molecule has 102 valence electrons. The number of hydrogen-bond acceptors (Lipinski definition) is 3. The highest BCUT2D eigenvalue weighted by Gasteiger charge is 2.43. The van der Waals surface area contributed by atoms with E-state index in [4.69, 9.17) is 5.73 Å². The second-order valence-corrected chi connectivity index (χ2v) is 5.36. The van der Waals surface area contributed by atoms with Crippen LogP contribution in [0.1, 0.15) is 32.1 Å². The molecule has 1 atom stereocenters. The average Bonchev–Trinajstić information content (AvgIpc) is 2.97. The van der Waals surface area contributed by atoms with Gasteiger partial charge in [-0.3, -0.25) is 0 Å². The lowest BCUT2D eigenvalue weighted by Gasteiger charge is -2.28. The van der Waals surface area contributed by atoms with E-state index >= 15 is 0 Å². The minimum atomic E-state index is -1.04. The van der Waals surface area contributed by atoms with Crippen LogP contribution >= 0.6 is 0 Å². The fraction of sp³-hybridized carbons (Fsp3) is 0.833. The number of hydrogen-bond donors (Lipinski definition) is 3. The van der Waals surface area contributed by atoms with Crippen molar-refractivity contribution >= 4 is 12.0 Å². The summed E-state index contributed by atoms with van der Waals surface area (Å²) in [7, 11) is 0. The van der Waals surface area contributed by atoms with Gasteiger partial charge in [0.15, 0.2) is 0 Å². The lowest BCUT2D eigenvalue weighted by atomic mass is 9.98. The standard InChI is InChI=1S/C12H21N3O3/c13-7-9-3-6-15(8-9)11(18)14-12(10(16)17)4-1-2-5-12/h9H,1-8,13H2,(H,14,18)(H,16,17). The number of amides is 2. The van der Waals surface area contributed by atoms with E-state index in [2.05, 4.69) is 5.32 Å². The van der Waals surface area contributed by atoms with E-state index in [-0.39, 0.29) is 6.03 Å². The van der Waals surface area contributed by atoms with Crippen molar-refractivity contribution in [2.45, 2.75) is 37.6 Å². The second kappa shape index (κ2) is 5.14. The van der Waals surface area contributed by atoms with Crippen molar-refractivity contribution in [2.75, 3.05) is 19.6 Å². The van der Waals surface area contributed by atoms with Gasteiger partial charge in [0.05, 0.1) is 0 Å². The molecular weight excluding hydrogens is 234 g/mol. The number of rotatable bonds is 3. The first-order chi connectivity index (χ1) is 8.57. The van der Waals surface area contributed by atoms with Crippen LogP contribution in [-0.4, -0.2) is 47.2 Å².